The second-order valence-electron chi connectivity index (χ2n) is 3.17. The molecule has 1 heterocycles. The lowest BCUT2D eigenvalue weighted by molar-refractivity contribution is 0.628. The molecule has 1 aromatic heterocycles. The van der Waals surface area contributed by atoms with Gasteiger partial charge < -0.3 is 4.90 Å². The Kier molecular flexibility index (Phi) is 3.56. The van der Waals surface area contributed by atoms with Crippen LogP contribution in [0.1, 0.15) is 6.92 Å². The molecule has 0 amide bonds. The van der Waals surface area contributed by atoms with Crippen molar-refractivity contribution < 1.29 is 4.39 Å². The second-order valence-corrected chi connectivity index (χ2v) is 4.82. The van der Waals surface area contributed by atoms with Crippen LogP contribution in [0, 0.1) is 5.82 Å². The first kappa shape index (κ1) is 11.5. The molecule has 16 heavy (non-hydrogen) atoms. The number of hydrogen-bond donors (Lipinski definition) is 0. The largest absolute Gasteiger partial charge is 0.318 e. The normalized spacial score (nSPS) is 10.4. The summed E-state index contributed by atoms with van der Waals surface area (Å²) in [4.78, 5) is 6.38. The summed E-state index contributed by atoms with van der Waals surface area (Å²) in [6, 6.07) is 6.43. The van der Waals surface area contributed by atoms with E-state index in [1.165, 1.54) is 12.1 Å². The minimum absolute atomic E-state index is 0.222. The van der Waals surface area contributed by atoms with Crippen molar-refractivity contribution in [2.24, 2.45) is 0 Å². The van der Waals surface area contributed by atoms with Crippen LogP contribution < -0.4 is 4.90 Å². The first-order valence-electron chi connectivity index (χ1n) is 4.85. The number of anilines is 2. The molecule has 2 aromatic rings. The molecule has 0 aliphatic carbocycles. The van der Waals surface area contributed by atoms with Crippen molar-refractivity contribution in [2.75, 3.05) is 11.4 Å². The highest BCUT2D eigenvalue weighted by Crippen LogP contribution is 2.29. The highest BCUT2D eigenvalue weighted by molar-refractivity contribution is 9.10. The molecule has 0 radical (unpaired) electrons. The van der Waals surface area contributed by atoms with E-state index in [-0.39, 0.29) is 5.82 Å². The van der Waals surface area contributed by atoms with E-state index in [0.717, 1.165) is 22.0 Å². The zero-order chi connectivity index (χ0) is 11.5. The van der Waals surface area contributed by atoms with E-state index < -0.39 is 0 Å². The number of nitrogens with zero attached hydrogens (tertiary/aromatic N) is 2. The summed E-state index contributed by atoms with van der Waals surface area (Å²) in [6.07, 6.45) is 0. The summed E-state index contributed by atoms with van der Waals surface area (Å²) in [5.74, 6) is -0.222. The van der Waals surface area contributed by atoms with E-state index >= 15 is 0 Å². The molecule has 84 valence electrons. The van der Waals surface area contributed by atoms with E-state index in [2.05, 4.69) is 20.9 Å². The Hall–Kier alpha value is -0.940. The van der Waals surface area contributed by atoms with Crippen molar-refractivity contribution in [2.45, 2.75) is 6.92 Å². The van der Waals surface area contributed by atoms with Gasteiger partial charge in [0.05, 0.1) is 0 Å². The van der Waals surface area contributed by atoms with Crippen molar-refractivity contribution in [1.82, 2.24) is 4.98 Å². The van der Waals surface area contributed by atoms with Crippen LogP contribution in [0.15, 0.2) is 34.2 Å². The van der Waals surface area contributed by atoms with Gasteiger partial charge in [0.1, 0.15) is 10.4 Å². The lowest BCUT2D eigenvalue weighted by Crippen LogP contribution is -2.15. The third-order valence-corrected chi connectivity index (χ3v) is 3.72. The Morgan fingerprint density at radius 3 is 2.56 bits per heavy atom. The average Bonchev–Trinajstić information content (AvgIpc) is 2.69. The third-order valence-electron chi connectivity index (χ3n) is 2.15. The van der Waals surface area contributed by atoms with Gasteiger partial charge in [-0.2, -0.15) is 0 Å². The number of hydrogen-bond acceptors (Lipinski definition) is 3. The summed E-state index contributed by atoms with van der Waals surface area (Å²) in [6.45, 7) is 2.84. The molecular weight excluding hydrogens is 291 g/mol. The molecule has 0 saturated carbocycles. The standard InChI is InChI=1S/C11H10BrFN2S/c1-2-15(11-14-10(12)7-16-11)9-5-3-8(13)4-6-9/h3-7H,2H2,1H3. The maximum Gasteiger partial charge on any atom is 0.190 e. The highest BCUT2D eigenvalue weighted by Gasteiger charge is 2.10. The molecule has 0 atom stereocenters. The summed E-state index contributed by atoms with van der Waals surface area (Å²) in [5.41, 5.74) is 0.950. The molecule has 0 N–H and O–H groups in total. The molecular formula is C11H10BrFN2S. The molecule has 0 aliphatic heterocycles. The van der Waals surface area contributed by atoms with Gasteiger partial charge in [0, 0.05) is 17.6 Å². The van der Waals surface area contributed by atoms with Gasteiger partial charge in [0.15, 0.2) is 5.13 Å². The predicted octanol–water partition coefficient (Wildman–Crippen LogP) is 4.20. The Morgan fingerprint density at radius 2 is 2.06 bits per heavy atom. The van der Waals surface area contributed by atoms with Crippen LogP contribution in [0.3, 0.4) is 0 Å². The molecule has 0 aliphatic rings. The van der Waals surface area contributed by atoms with E-state index in [4.69, 9.17) is 0 Å². The highest BCUT2D eigenvalue weighted by atomic mass is 79.9. The summed E-state index contributed by atoms with van der Waals surface area (Å²) >= 11 is 4.88. The first-order valence-corrected chi connectivity index (χ1v) is 6.52. The maximum atomic E-state index is 12.8. The van der Waals surface area contributed by atoms with Gasteiger partial charge in [-0.1, -0.05) is 0 Å². The van der Waals surface area contributed by atoms with Crippen LogP contribution in [0.5, 0.6) is 0 Å². The predicted molar refractivity (Wildman–Crippen MR) is 68.9 cm³/mol. The monoisotopic (exact) mass is 300 g/mol. The van der Waals surface area contributed by atoms with Crippen LogP contribution in [0.25, 0.3) is 0 Å². The van der Waals surface area contributed by atoms with Crippen LogP contribution in [-0.2, 0) is 0 Å². The van der Waals surface area contributed by atoms with Crippen LogP contribution in [-0.4, -0.2) is 11.5 Å². The van der Waals surface area contributed by atoms with Crippen molar-refractivity contribution in [3.63, 3.8) is 0 Å². The van der Waals surface area contributed by atoms with Crippen LogP contribution in [0.2, 0.25) is 0 Å². The van der Waals surface area contributed by atoms with Crippen molar-refractivity contribution >= 4 is 38.1 Å². The van der Waals surface area contributed by atoms with Gasteiger partial charge in [0.25, 0.3) is 0 Å². The topological polar surface area (TPSA) is 16.1 Å². The molecule has 0 spiro atoms. The minimum Gasteiger partial charge on any atom is -0.318 e. The van der Waals surface area contributed by atoms with E-state index in [9.17, 15) is 4.39 Å². The first-order chi connectivity index (χ1) is 7.70. The minimum atomic E-state index is -0.222. The van der Waals surface area contributed by atoms with E-state index in [1.54, 1.807) is 23.5 Å². The summed E-state index contributed by atoms with van der Waals surface area (Å²) in [5, 5.41) is 2.84. The van der Waals surface area contributed by atoms with Gasteiger partial charge in [-0.3, -0.25) is 0 Å². The molecule has 0 unspecified atom stereocenters. The molecule has 2 rings (SSSR count). The molecule has 0 fully saturated rings. The number of benzene rings is 1. The Morgan fingerprint density at radius 1 is 1.38 bits per heavy atom. The van der Waals surface area contributed by atoms with Crippen LogP contribution >= 0.6 is 27.3 Å². The zero-order valence-corrected chi connectivity index (χ0v) is 11.1. The molecule has 2 nitrogen and oxygen atoms in total. The average molecular weight is 301 g/mol. The SMILES string of the molecule is CCN(c1ccc(F)cc1)c1nc(Br)cs1. The van der Waals surface area contributed by atoms with Gasteiger partial charge in [-0.25, -0.2) is 9.37 Å². The van der Waals surface area contributed by atoms with E-state index in [1.807, 2.05) is 17.2 Å². The molecule has 0 bridgehead atoms. The Balaban J connectivity index is 2.32. The molecule has 5 heteroatoms. The van der Waals surface area contributed by atoms with Gasteiger partial charge in [-0.15, -0.1) is 11.3 Å². The molecule has 1 aromatic carbocycles. The number of halogens is 2. The number of thiazole rings is 1. The number of rotatable bonds is 3. The van der Waals surface area contributed by atoms with Crippen molar-refractivity contribution in [3.8, 4) is 0 Å². The Bertz CT molecular complexity index is 469. The van der Waals surface area contributed by atoms with Gasteiger partial charge >= 0.3 is 0 Å². The van der Waals surface area contributed by atoms with E-state index in [0.29, 0.717) is 0 Å². The fraction of sp³-hybridized carbons (Fsp3) is 0.182. The Labute approximate surface area is 106 Å². The maximum absolute atomic E-state index is 12.8. The summed E-state index contributed by atoms with van der Waals surface area (Å²) < 4.78 is 13.6. The fourth-order valence-corrected chi connectivity index (χ4v) is 2.75. The van der Waals surface area contributed by atoms with Gasteiger partial charge in [0.2, 0.25) is 0 Å². The smallest absolute Gasteiger partial charge is 0.190 e. The van der Waals surface area contributed by atoms with Gasteiger partial charge in [-0.05, 0) is 47.1 Å². The molecule has 0 saturated heterocycles. The third kappa shape index (κ3) is 2.41. The second kappa shape index (κ2) is 4.93. The van der Waals surface area contributed by atoms with Crippen LogP contribution in [0.4, 0.5) is 15.2 Å². The lowest BCUT2D eigenvalue weighted by atomic mass is 10.3. The van der Waals surface area contributed by atoms with Crippen molar-refractivity contribution in [3.05, 3.63) is 40.1 Å². The fourth-order valence-electron chi connectivity index (χ4n) is 1.42. The quantitative estimate of drug-likeness (QED) is 0.844. The summed E-state index contributed by atoms with van der Waals surface area (Å²) in [7, 11) is 0. The lowest BCUT2D eigenvalue weighted by Gasteiger charge is -2.19. The zero-order valence-electron chi connectivity index (χ0n) is 8.65. The number of aromatic nitrogens is 1. The van der Waals surface area contributed by atoms with Crippen molar-refractivity contribution in [1.29, 1.82) is 0 Å².